The number of amides is 1. The Balaban J connectivity index is 1.57. The Morgan fingerprint density at radius 2 is 1.79 bits per heavy atom. The number of sulfonamides is 1. The molecule has 1 amide bonds. The normalized spacial score (nSPS) is 16.6. The number of piperazine rings is 1. The number of nitrogens with one attached hydrogen (secondary N) is 1. The number of aromatic nitrogens is 1. The lowest BCUT2D eigenvalue weighted by Crippen LogP contribution is -2.50. The van der Waals surface area contributed by atoms with Crippen LogP contribution in [-0.4, -0.2) is 97.4 Å². The van der Waals surface area contributed by atoms with Gasteiger partial charge in [0.25, 0.3) is 6.01 Å². The Hall–Kier alpha value is -3.19. The highest BCUT2D eigenvalue weighted by atomic mass is 32.2. The summed E-state index contributed by atoms with van der Waals surface area (Å²) in [6.07, 6.45) is -2.36. The summed E-state index contributed by atoms with van der Waals surface area (Å²) in [6, 6.07) is 13.3. The second-order valence-electron chi connectivity index (χ2n) is 10.4. The zero-order chi connectivity index (χ0) is 28.2. The highest BCUT2D eigenvalue weighted by Crippen LogP contribution is 2.27. The molecule has 4 rings (SSSR count). The average molecular weight is 560 g/mol. The molecule has 1 aliphatic heterocycles. The van der Waals surface area contributed by atoms with Crippen molar-refractivity contribution >= 4 is 33.2 Å². The fraction of sp³-hybridized carbons (Fsp3) is 0.481. The average Bonchev–Trinajstić information content (AvgIpc) is 3.32. The Morgan fingerprint density at radius 3 is 2.44 bits per heavy atom. The van der Waals surface area contributed by atoms with Crippen LogP contribution in [0.15, 0.2) is 57.8 Å². The van der Waals surface area contributed by atoms with Crippen molar-refractivity contribution in [1.82, 2.24) is 19.5 Å². The van der Waals surface area contributed by atoms with Crippen molar-refractivity contribution in [3.05, 3.63) is 54.1 Å². The van der Waals surface area contributed by atoms with Crippen molar-refractivity contribution in [3.8, 4) is 0 Å². The molecule has 1 aromatic heterocycles. The molecule has 2 heterocycles. The zero-order valence-corrected chi connectivity index (χ0v) is 23.3. The van der Waals surface area contributed by atoms with Crippen LogP contribution in [0.2, 0.25) is 0 Å². The third-order valence-electron chi connectivity index (χ3n) is 6.79. The smallest absolute Gasteiger partial charge is 0.404 e. The first-order chi connectivity index (χ1) is 18.5. The predicted molar refractivity (Wildman–Crippen MR) is 148 cm³/mol. The fourth-order valence-electron chi connectivity index (χ4n) is 4.66. The summed E-state index contributed by atoms with van der Waals surface area (Å²) in [5.74, 6) is -0.0372. The largest absolute Gasteiger partial charge is 0.465 e. The molecule has 11 nitrogen and oxygen atoms in total. The van der Waals surface area contributed by atoms with E-state index in [4.69, 9.17) is 4.42 Å². The molecule has 2 atom stereocenters. The molecule has 1 aliphatic rings. The Kier molecular flexibility index (Phi) is 9.11. The van der Waals surface area contributed by atoms with Gasteiger partial charge in [0.15, 0.2) is 5.58 Å². The molecule has 3 aromatic rings. The summed E-state index contributed by atoms with van der Waals surface area (Å²) in [5.41, 5.74) is 1.75. The number of likely N-dealkylation sites (N-methyl/N-ethyl adjacent to an activating group) is 1. The lowest BCUT2D eigenvalue weighted by molar-refractivity contribution is 0.0980. The Labute approximate surface area is 229 Å². The molecule has 2 aromatic carbocycles. The highest BCUT2D eigenvalue weighted by Gasteiger charge is 2.32. The van der Waals surface area contributed by atoms with Crippen LogP contribution in [0.5, 0.6) is 0 Å². The number of anilines is 1. The Morgan fingerprint density at radius 1 is 1.10 bits per heavy atom. The van der Waals surface area contributed by atoms with E-state index in [0.29, 0.717) is 17.1 Å². The van der Waals surface area contributed by atoms with Crippen LogP contribution in [0, 0.1) is 5.92 Å². The minimum Gasteiger partial charge on any atom is -0.465 e. The summed E-state index contributed by atoms with van der Waals surface area (Å²) in [6.45, 7) is 6.93. The van der Waals surface area contributed by atoms with Gasteiger partial charge in [-0.1, -0.05) is 44.2 Å². The number of aliphatic hydroxyl groups excluding tert-OH is 1. The summed E-state index contributed by atoms with van der Waals surface area (Å²) in [7, 11) is -1.99. The molecule has 212 valence electrons. The standard InChI is InChI=1S/C27H37N5O6S/c1-19(2)17-32(18-24(33)23(29-27(34)35)15-20-7-5-4-6-8-20)39(36,37)21-9-10-22-25(16-21)38-26(28-22)31-13-11-30(3)12-14-31/h4-10,16,19,23-24,29,33H,11-15,17-18H2,1-3H3,(H,34,35). The molecular weight excluding hydrogens is 522 g/mol. The number of rotatable bonds is 11. The molecule has 2 unspecified atom stereocenters. The van der Waals surface area contributed by atoms with Crippen LogP contribution in [0.4, 0.5) is 10.8 Å². The second-order valence-corrected chi connectivity index (χ2v) is 12.4. The number of carbonyl (C=O) groups is 1. The molecule has 39 heavy (non-hydrogen) atoms. The van der Waals surface area contributed by atoms with E-state index >= 15 is 0 Å². The maximum atomic E-state index is 13.8. The van der Waals surface area contributed by atoms with Gasteiger partial charge in [0, 0.05) is 45.3 Å². The zero-order valence-electron chi connectivity index (χ0n) is 22.5. The molecule has 0 spiro atoms. The number of carboxylic acid groups (broad SMARTS) is 1. The van der Waals surface area contributed by atoms with Gasteiger partial charge in [-0.05, 0) is 37.1 Å². The van der Waals surface area contributed by atoms with Gasteiger partial charge in [-0.15, -0.1) is 0 Å². The minimum absolute atomic E-state index is 0.0229. The number of benzene rings is 2. The van der Waals surface area contributed by atoms with Crippen molar-refractivity contribution in [2.45, 2.75) is 37.3 Å². The topological polar surface area (TPSA) is 139 Å². The molecule has 1 saturated heterocycles. The quantitative estimate of drug-likeness (QED) is 0.323. The first-order valence-electron chi connectivity index (χ1n) is 13.1. The van der Waals surface area contributed by atoms with E-state index in [0.717, 1.165) is 31.7 Å². The summed E-state index contributed by atoms with van der Waals surface area (Å²) < 4.78 is 34.8. The van der Waals surface area contributed by atoms with Gasteiger partial charge >= 0.3 is 6.09 Å². The molecule has 1 fully saturated rings. The second kappa shape index (κ2) is 12.3. The summed E-state index contributed by atoms with van der Waals surface area (Å²) >= 11 is 0. The van der Waals surface area contributed by atoms with Crippen molar-refractivity contribution in [3.63, 3.8) is 0 Å². The van der Waals surface area contributed by atoms with E-state index in [2.05, 4.69) is 22.2 Å². The molecule has 12 heteroatoms. The number of oxazole rings is 1. The van der Waals surface area contributed by atoms with Crippen LogP contribution < -0.4 is 10.2 Å². The van der Waals surface area contributed by atoms with Gasteiger partial charge in [0.2, 0.25) is 10.0 Å². The lowest BCUT2D eigenvalue weighted by atomic mass is 10.0. The number of hydrogen-bond donors (Lipinski definition) is 3. The molecule has 0 radical (unpaired) electrons. The van der Waals surface area contributed by atoms with Gasteiger partial charge in [-0.25, -0.2) is 13.2 Å². The van der Waals surface area contributed by atoms with Crippen LogP contribution in [0.1, 0.15) is 19.4 Å². The van der Waals surface area contributed by atoms with Gasteiger partial charge in [-0.2, -0.15) is 9.29 Å². The maximum Gasteiger partial charge on any atom is 0.404 e. The minimum atomic E-state index is -4.05. The lowest BCUT2D eigenvalue weighted by Gasteiger charge is -2.31. The van der Waals surface area contributed by atoms with Crippen LogP contribution in [0.3, 0.4) is 0 Å². The van der Waals surface area contributed by atoms with E-state index in [1.807, 2.05) is 49.1 Å². The number of aliphatic hydroxyl groups is 1. The van der Waals surface area contributed by atoms with E-state index in [-0.39, 0.29) is 30.3 Å². The van der Waals surface area contributed by atoms with Crippen molar-refractivity contribution in [2.75, 3.05) is 51.2 Å². The Bertz CT molecular complexity index is 1360. The van der Waals surface area contributed by atoms with E-state index < -0.39 is 28.3 Å². The fourth-order valence-corrected chi connectivity index (χ4v) is 6.30. The predicted octanol–water partition coefficient (Wildman–Crippen LogP) is 2.47. The third-order valence-corrected chi connectivity index (χ3v) is 8.62. The van der Waals surface area contributed by atoms with Gasteiger partial charge in [-0.3, -0.25) is 0 Å². The summed E-state index contributed by atoms with van der Waals surface area (Å²) in [4.78, 5) is 20.3. The van der Waals surface area contributed by atoms with E-state index in [1.165, 1.54) is 16.4 Å². The molecule has 3 N–H and O–H groups in total. The monoisotopic (exact) mass is 559 g/mol. The van der Waals surface area contributed by atoms with Crippen molar-refractivity contribution in [1.29, 1.82) is 0 Å². The maximum absolute atomic E-state index is 13.8. The van der Waals surface area contributed by atoms with E-state index in [1.54, 1.807) is 6.07 Å². The van der Waals surface area contributed by atoms with Gasteiger partial charge in [0.1, 0.15) is 5.52 Å². The highest BCUT2D eigenvalue weighted by molar-refractivity contribution is 7.89. The number of hydrogen-bond acceptors (Lipinski definition) is 8. The molecular formula is C27H37N5O6S. The van der Waals surface area contributed by atoms with Crippen LogP contribution in [-0.2, 0) is 16.4 Å². The molecule has 0 aliphatic carbocycles. The number of nitrogens with zero attached hydrogens (tertiary/aromatic N) is 4. The van der Waals surface area contributed by atoms with Crippen molar-refractivity contribution in [2.24, 2.45) is 5.92 Å². The van der Waals surface area contributed by atoms with Crippen molar-refractivity contribution < 1.29 is 27.8 Å². The molecule has 0 bridgehead atoms. The van der Waals surface area contributed by atoms with E-state index in [9.17, 15) is 23.4 Å². The van der Waals surface area contributed by atoms with Gasteiger partial charge in [0.05, 0.1) is 17.0 Å². The number of fused-ring (bicyclic) bond motifs is 1. The SMILES string of the molecule is CC(C)CN(CC(O)C(Cc1ccccc1)NC(=O)O)S(=O)(=O)c1ccc2nc(N3CCN(C)CC3)oc2c1. The molecule has 0 saturated carbocycles. The first kappa shape index (κ1) is 28.8. The first-order valence-corrected chi connectivity index (χ1v) is 14.5. The van der Waals surface area contributed by atoms with Gasteiger partial charge < -0.3 is 29.7 Å². The summed E-state index contributed by atoms with van der Waals surface area (Å²) in [5, 5.41) is 22.8. The third kappa shape index (κ3) is 7.27. The van der Waals surface area contributed by atoms with Crippen LogP contribution >= 0.6 is 0 Å². The van der Waals surface area contributed by atoms with Crippen LogP contribution in [0.25, 0.3) is 11.1 Å².